The second-order valence-electron chi connectivity index (χ2n) is 5.03. The Morgan fingerprint density at radius 3 is 2.67 bits per heavy atom. The number of nitrogens with zero attached hydrogens (tertiary/aromatic N) is 3. The number of carbonyl (C=O) groups excluding carboxylic acids is 3. The Morgan fingerprint density at radius 1 is 1.33 bits per heavy atom. The molecular weight excluding hydrogens is 332 g/mol. The van der Waals surface area contributed by atoms with E-state index < -0.39 is 23.9 Å². The van der Waals surface area contributed by atoms with Gasteiger partial charge in [-0.05, 0) is 5.56 Å². The monoisotopic (exact) mass is 346 g/mol. The molecule has 3 rings (SSSR count). The van der Waals surface area contributed by atoms with Gasteiger partial charge in [0, 0.05) is 0 Å². The van der Waals surface area contributed by atoms with Gasteiger partial charge in [0.05, 0.1) is 6.54 Å². The highest BCUT2D eigenvalue weighted by atomic mass is 32.1. The fourth-order valence-electron chi connectivity index (χ4n) is 2.26. The number of hydrogen-bond donors (Lipinski definition) is 3. The second kappa shape index (κ2) is 6.62. The highest BCUT2D eigenvalue weighted by molar-refractivity contribution is 7.15. The number of rotatable bonds is 5. The molecule has 0 radical (unpaired) electrons. The first-order valence-corrected chi connectivity index (χ1v) is 7.87. The third-order valence-corrected chi connectivity index (χ3v) is 4.20. The van der Waals surface area contributed by atoms with Crippen molar-refractivity contribution in [2.75, 3.05) is 18.8 Å². The van der Waals surface area contributed by atoms with E-state index in [1.807, 2.05) is 30.3 Å². The number of benzene rings is 1. The molecule has 0 saturated carbocycles. The van der Waals surface area contributed by atoms with Crippen molar-refractivity contribution in [2.24, 2.45) is 0 Å². The molecule has 1 fully saturated rings. The quantitative estimate of drug-likeness (QED) is 0.647. The van der Waals surface area contributed by atoms with Gasteiger partial charge in [-0.25, -0.2) is 4.79 Å². The number of hydrogen-bond acceptors (Lipinski definition) is 7. The molecule has 1 saturated heterocycles. The Hall–Kier alpha value is -3.01. The molecular formula is C14H14N6O3S. The van der Waals surface area contributed by atoms with Crippen LogP contribution >= 0.6 is 11.3 Å². The van der Waals surface area contributed by atoms with Crippen molar-refractivity contribution in [2.45, 2.75) is 6.04 Å². The summed E-state index contributed by atoms with van der Waals surface area (Å²) >= 11 is 1.16. The van der Waals surface area contributed by atoms with Gasteiger partial charge in [-0.3, -0.25) is 14.5 Å². The lowest BCUT2D eigenvalue weighted by molar-refractivity contribution is -0.130. The Balaban J connectivity index is 1.78. The van der Waals surface area contributed by atoms with Crippen molar-refractivity contribution >= 4 is 34.3 Å². The van der Waals surface area contributed by atoms with Crippen LogP contribution < -0.4 is 16.4 Å². The van der Waals surface area contributed by atoms with Gasteiger partial charge in [0.2, 0.25) is 11.0 Å². The number of nitrogen functional groups attached to an aromatic ring is 1. The highest BCUT2D eigenvalue weighted by Gasteiger charge is 2.31. The van der Waals surface area contributed by atoms with E-state index in [1.54, 1.807) is 0 Å². The van der Waals surface area contributed by atoms with Crippen LogP contribution in [-0.2, 0) is 9.59 Å². The molecule has 1 aromatic heterocycles. The number of nitrogens with two attached hydrogens (primary N) is 1. The van der Waals surface area contributed by atoms with Gasteiger partial charge < -0.3 is 16.4 Å². The van der Waals surface area contributed by atoms with E-state index in [1.165, 1.54) is 0 Å². The number of amides is 4. The summed E-state index contributed by atoms with van der Waals surface area (Å²) in [7, 11) is 0. The van der Waals surface area contributed by atoms with Gasteiger partial charge in [-0.2, -0.15) is 0 Å². The van der Waals surface area contributed by atoms with Crippen molar-refractivity contribution in [3.05, 3.63) is 40.9 Å². The minimum Gasteiger partial charge on any atom is -0.374 e. The van der Waals surface area contributed by atoms with Crippen LogP contribution in [0.5, 0.6) is 0 Å². The molecule has 1 aliphatic rings. The molecule has 0 unspecified atom stereocenters. The average molecular weight is 346 g/mol. The smallest absolute Gasteiger partial charge is 0.325 e. The SMILES string of the molecule is Nc1nnc([C@H](NC(=O)CN2C(=O)CNC2=O)c2ccccc2)s1. The van der Waals surface area contributed by atoms with Gasteiger partial charge in [0.25, 0.3) is 5.91 Å². The Labute approximate surface area is 140 Å². The number of imide groups is 1. The second-order valence-corrected chi connectivity index (χ2v) is 6.07. The van der Waals surface area contributed by atoms with Crippen molar-refractivity contribution in [1.82, 2.24) is 25.7 Å². The summed E-state index contributed by atoms with van der Waals surface area (Å²) < 4.78 is 0. The number of nitrogens with one attached hydrogen (secondary N) is 2. The molecule has 2 aromatic rings. The summed E-state index contributed by atoms with van der Waals surface area (Å²) in [6.45, 7) is -0.455. The lowest BCUT2D eigenvalue weighted by atomic mass is 10.1. The summed E-state index contributed by atoms with van der Waals surface area (Å²) in [5.74, 6) is -0.922. The number of anilines is 1. The molecule has 2 heterocycles. The van der Waals surface area contributed by atoms with Gasteiger partial charge in [-0.15, -0.1) is 10.2 Å². The lowest BCUT2D eigenvalue weighted by Crippen LogP contribution is -2.42. The molecule has 4 N–H and O–H groups in total. The van der Waals surface area contributed by atoms with E-state index in [-0.39, 0.29) is 18.2 Å². The molecule has 24 heavy (non-hydrogen) atoms. The van der Waals surface area contributed by atoms with E-state index >= 15 is 0 Å². The topological polar surface area (TPSA) is 130 Å². The van der Waals surface area contributed by atoms with Crippen molar-refractivity contribution in [3.8, 4) is 0 Å². The van der Waals surface area contributed by atoms with Crippen LogP contribution in [0.3, 0.4) is 0 Å². The van der Waals surface area contributed by atoms with E-state index in [4.69, 9.17) is 5.73 Å². The normalized spacial score (nSPS) is 15.2. The van der Waals surface area contributed by atoms with E-state index in [2.05, 4.69) is 20.8 Å². The van der Waals surface area contributed by atoms with Gasteiger partial charge >= 0.3 is 6.03 Å². The maximum Gasteiger partial charge on any atom is 0.325 e. The average Bonchev–Trinajstić information content (AvgIpc) is 3.14. The standard InChI is InChI=1S/C14H14N6O3S/c15-13-19-18-12(24-13)11(8-4-2-1-3-5-8)17-9(21)7-20-10(22)6-16-14(20)23/h1-5,11H,6-7H2,(H2,15,19)(H,16,23)(H,17,21)/t11-/m1/s1. The van der Waals surface area contributed by atoms with E-state index in [9.17, 15) is 14.4 Å². The zero-order valence-corrected chi connectivity index (χ0v) is 13.2. The Morgan fingerprint density at radius 2 is 2.08 bits per heavy atom. The molecule has 10 heteroatoms. The predicted octanol–water partition coefficient (Wildman–Crippen LogP) is -0.122. The van der Waals surface area contributed by atoms with Crippen LogP contribution in [0.15, 0.2) is 30.3 Å². The molecule has 4 amide bonds. The maximum absolute atomic E-state index is 12.3. The number of aromatic nitrogens is 2. The molecule has 0 spiro atoms. The highest BCUT2D eigenvalue weighted by Crippen LogP contribution is 2.25. The van der Waals surface area contributed by atoms with Crippen LogP contribution in [0.4, 0.5) is 9.93 Å². The van der Waals surface area contributed by atoms with Crippen LogP contribution in [0.25, 0.3) is 0 Å². The third kappa shape index (κ3) is 3.33. The minimum absolute atomic E-state index is 0.0961. The fourth-order valence-corrected chi connectivity index (χ4v) is 2.95. The van der Waals surface area contributed by atoms with E-state index in [0.717, 1.165) is 21.8 Å². The van der Waals surface area contributed by atoms with Crippen LogP contribution in [0.1, 0.15) is 16.6 Å². The molecule has 1 aromatic carbocycles. The van der Waals surface area contributed by atoms with Crippen LogP contribution in [-0.4, -0.2) is 46.0 Å². The fraction of sp³-hybridized carbons (Fsp3) is 0.214. The summed E-state index contributed by atoms with van der Waals surface area (Å²) in [5.41, 5.74) is 6.41. The maximum atomic E-state index is 12.3. The molecule has 1 aliphatic heterocycles. The van der Waals surface area contributed by atoms with E-state index in [0.29, 0.717) is 5.01 Å². The Kier molecular flexibility index (Phi) is 4.38. The molecule has 0 bridgehead atoms. The first-order chi connectivity index (χ1) is 11.5. The predicted molar refractivity (Wildman–Crippen MR) is 85.9 cm³/mol. The van der Waals surface area contributed by atoms with Gasteiger partial charge in [-0.1, -0.05) is 41.7 Å². The third-order valence-electron chi connectivity index (χ3n) is 3.38. The molecule has 9 nitrogen and oxygen atoms in total. The van der Waals surface area contributed by atoms with Crippen LogP contribution in [0, 0.1) is 0 Å². The minimum atomic E-state index is -0.577. The first kappa shape index (κ1) is 15.9. The lowest BCUT2D eigenvalue weighted by Gasteiger charge is -2.18. The van der Waals surface area contributed by atoms with Crippen molar-refractivity contribution in [3.63, 3.8) is 0 Å². The summed E-state index contributed by atoms with van der Waals surface area (Å²) in [6.07, 6.45) is 0. The van der Waals surface area contributed by atoms with Gasteiger partial charge in [0.15, 0.2) is 0 Å². The Bertz CT molecular complexity index is 762. The summed E-state index contributed by atoms with van der Waals surface area (Å²) in [6, 6.07) is 8.03. The molecule has 0 aliphatic carbocycles. The molecule has 1 atom stereocenters. The first-order valence-electron chi connectivity index (χ1n) is 7.06. The number of carbonyl (C=O) groups is 3. The van der Waals surface area contributed by atoms with Gasteiger partial charge in [0.1, 0.15) is 17.6 Å². The summed E-state index contributed by atoms with van der Waals surface area (Å²) in [4.78, 5) is 36.3. The zero-order valence-electron chi connectivity index (χ0n) is 12.4. The van der Waals surface area contributed by atoms with Crippen LogP contribution in [0.2, 0.25) is 0 Å². The number of urea groups is 1. The van der Waals surface area contributed by atoms with Crippen molar-refractivity contribution in [1.29, 1.82) is 0 Å². The summed E-state index contributed by atoms with van der Waals surface area (Å²) in [5, 5.41) is 13.7. The molecule has 124 valence electrons. The van der Waals surface area contributed by atoms with Crippen molar-refractivity contribution < 1.29 is 14.4 Å². The zero-order chi connectivity index (χ0) is 17.1. The largest absolute Gasteiger partial charge is 0.374 e.